The fourth-order valence-corrected chi connectivity index (χ4v) is 4.09. The summed E-state index contributed by atoms with van der Waals surface area (Å²) in [6, 6.07) is 0. The van der Waals surface area contributed by atoms with Gasteiger partial charge in [0.15, 0.2) is 0 Å². The van der Waals surface area contributed by atoms with Crippen LogP contribution in [0.1, 0.15) is 77.6 Å². The van der Waals surface area contributed by atoms with Gasteiger partial charge in [-0.3, -0.25) is 4.79 Å². The van der Waals surface area contributed by atoms with Crippen LogP contribution in [0.3, 0.4) is 0 Å². The van der Waals surface area contributed by atoms with Crippen molar-refractivity contribution in [2.45, 2.75) is 89.8 Å². The van der Waals surface area contributed by atoms with E-state index in [0.717, 1.165) is 31.3 Å². The molecule has 0 bridgehead atoms. The van der Waals surface area contributed by atoms with Crippen molar-refractivity contribution in [3.8, 4) is 0 Å². The fourth-order valence-electron chi connectivity index (χ4n) is 4.09. The molecule has 2 aliphatic rings. The van der Waals surface area contributed by atoms with Gasteiger partial charge in [0, 0.05) is 30.9 Å². The van der Waals surface area contributed by atoms with E-state index in [1.165, 1.54) is 19.6 Å². The first-order valence-electron chi connectivity index (χ1n) is 13.1. The number of allylic oxidation sites excluding steroid dienone is 8. The van der Waals surface area contributed by atoms with E-state index in [9.17, 15) is 19.5 Å². The minimum atomic E-state index is -0.821. The summed E-state index contributed by atoms with van der Waals surface area (Å²) in [4.78, 5) is 34.8. The molecule has 0 amide bonds. The first-order valence-corrected chi connectivity index (χ1v) is 13.1. The minimum Gasteiger partial charge on any atom is -0.492 e. The van der Waals surface area contributed by atoms with E-state index in [4.69, 9.17) is 9.47 Å². The summed E-state index contributed by atoms with van der Waals surface area (Å²) in [5, 5.41) is 10.7. The van der Waals surface area contributed by atoms with E-state index >= 15 is 0 Å². The smallest absolute Gasteiger partial charge is 0.339 e. The first-order chi connectivity index (χ1) is 17.9. The number of aliphatic hydroxyl groups is 1. The Bertz CT molecular complexity index is 964. The van der Waals surface area contributed by atoms with Crippen LogP contribution in [0, 0.1) is 0 Å². The Morgan fingerprint density at radius 2 is 1.76 bits per heavy atom. The van der Waals surface area contributed by atoms with Gasteiger partial charge in [0.1, 0.15) is 18.1 Å². The average molecular weight is 513 g/mol. The zero-order valence-electron chi connectivity index (χ0n) is 22.1. The van der Waals surface area contributed by atoms with Crippen molar-refractivity contribution in [3.05, 3.63) is 71.3 Å². The second-order valence-electron chi connectivity index (χ2n) is 9.35. The molecular formula is C30H40O7. The molecule has 2 rings (SSSR count). The molecule has 0 heterocycles. The number of unbranched alkanes of at least 4 members (excludes halogenated alkanes) is 4. The minimum absolute atomic E-state index is 0.174. The predicted molar refractivity (Wildman–Crippen MR) is 142 cm³/mol. The maximum atomic E-state index is 12.6. The lowest BCUT2D eigenvalue weighted by Gasteiger charge is -2.27. The molecule has 2 atom stereocenters. The van der Waals surface area contributed by atoms with E-state index in [1.807, 2.05) is 6.08 Å². The van der Waals surface area contributed by atoms with Crippen LogP contribution in [0.5, 0.6) is 0 Å². The van der Waals surface area contributed by atoms with Gasteiger partial charge in [0.25, 0.3) is 0 Å². The monoisotopic (exact) mass is 512 g/mol. The quantitative estimate of drug-likeness (QED) is 0.122. The Kier molecular flexibility index (Phi) is 13.4. The van der Waals surface area contributed by atoms with Crippen LogP contribution in [0.25, 0.3) is 0 Å². The van der Waals surface area contributed by atoms with Gasteiger partial charge < -0.3 is 19.3 Å². The highest BCUT2D eigenvalue weighted by molar-refractivity contribution is 5.90. The van der Waals surface area contributed by atoms with Crippen molar-refractivity contribution >= 4 is 18.2 Å². The molecule has 0 spiro atoms. The fraction of sp³-hybridized carbons (Fsp3) is 0.500. The van der Waals surface area contributed by atoms with E-state index in [0.29, 0.717) is 61.1 Å². The summed E-state index contributed by atoms with van der Waals surface area (Å²) in [5.41, 5.74) is 1.85. The summed E-state index contributed by atoms with van der Waals surface area (Å²) in [7, 11) is 1.33. The van der Waals surface area contributed by atoms with Crippen molar-refractivity contribution in [3.63, 3.8) is 0 Å². The summed E-state index contributed by atoms with van der Waals surface area (Å²) >= 11 is 0. The van der Waals surface area contributed by atoms with Crippen LogP contribution in [0.4, 0.5) is 0 Å². The molecule has 7 nitrogen and oxygen atoms in total. The normalized spacial score (nSPS) is 17.1. The Labute approximate surface area is 220 Å². The topological polar surface area (TPSA) is 99.1 Å². The van der Waals surface area contributed by atoms with Crippen molar-refractivity contribution in [2.75, 3.05) is 7.11 Å². The molecule has 7 heteroatoms. The number of esters is 2. The molecule has 0 saturated heterocycles. The van der Waals surface area contributed by atoms with Crippen LogP contribution in [-0.2, 0) is 28.6 Å². The van der Waals surface area contributed by atoms with Crippen molar-refractivity contribution < 1.29 is 33.7 Å². The number of methoxy groups -OCH3 is 1. The maximum absolute atomic E-state index is 12.6. The third-order valence-corrected chi connectivity index (χ3v) is 6.34. The van der Waals surface area contributed by atoms with E-state index in [1.54, 1.807) is 24.3 Å². The highest BCUT2D eigenvalue weighted by Gasteiger charge is 2.24. The number of rotatable bonds is 16. The van der Waals surface area contributed by atoms with Crippen LogP contribution in [0.2, 0.25) is 0 Å². The van der Waals surface area contributed by atoms with E-state index in [-0.39, 0.29) is 6.42 Å². The Morgan fingerprint density at radius 1 is 1.03 bits per heavy atom. The number of hydrogen-bond donors (Lipinski definition) is 1. The van der Waals surface area contributed by atoms with Gasteiger partial charge >= 0.3 is 11.9 Å². The molecule has 2 aliphatic carbocycles. The van der Waals surface area contributed by atoms with Gasteiger partial charge in [0.05, 0.1) is 19.0 Å². The predicted octanol–water partition coefficient (Wildman–Crippen LogP) is 5.72. The van der Waals surface area contributed by atoms with Gasteiger partial charge in [-0.2, -0.15) is 0 Å². The molecule has 0 radical (unpaired) electrons. The lowest BCUT2D eigenvalue weighted by Crippen LogP contribution is -2.30. The van der Waals surface area contributed by atoms with Crippen LogP contribution >= 0.6 is 0 Å². The largest absolute Gasteiger partial charge is 0.492 e. The van der Waals surface area contributed by atoms with Crippen LogP contribution < -0.4 is 0 Å². The third kappa shape index (κ3) is 11.2. The summed E-state index contributed by atoms with van der Waals surface area (Å²) in [5.74, 6) is 0.474. The molecular weight excluding hydrogens is 472 g/mol. The van der Waals surface area contributed by atoms with Gasteiger partial charge in [0.2, 0.25) is 0 Å². The number of hydrogen-bond acceptors (Lipinski definition) is 7. The molecule has 0 aliphatic heterocycles. The van der Waals surface area contributed by atoms with Crippen molar-refractivity contribution in [2.24, 2.45) is 0 Å². The zero-order chi connectivity index (χ0) is 27.0. The number of aliphatic hydroxyl groups excluding tert-OH is 1. The van der Waals surface area contributed by atoms with Crippen LogP contribution in [-0.4, -0.2) is 42.6 Å². The van der Waals surface area contributed by atoms with E-state index < -0.39 is 24.1 Å². The number of ether oxygens (including phenoxy) is 3. The number of carbonyl (C=O) groups excluding carboxylic acids is 3. The second-order valence-corrected chi connectivity index (χ2v) is 9.35. The Morgan fingerprint density at radius 3 is 2.38 bits per heavy atom. The van der Waals surface area contributed by atoms with Crippen molar-refractivity contribution in [1.82, 2.24) is 0 Å². The molecule has 0 aromatic rings. The lowest BCUT2D eigenvalue weighted by molar-refractivity contribution is -0.136. The van der Waals surface area contributed by atoms with Gasteiger partial charge in [-0.15, -0.1) is 0 Å². The molecule has 202 valence electrons. The molecule has 37 heavy (non-hydrogen) atoms. The highest BCUT2D eigenvalue weighted by Crippen LogP contribution is 2.27. The molecule has 0 aromatic heterocycles. The van der Waals surface area contributed by atoms with Gasteiger partial charge in [-0.1, -0.05) is 51.3 Å². The molecule has 2 unspecified atom stereocenters. The van der Waals surface area contributed by atoms with Crippen molar-refractivity contribution in [1.29, 1.82) is 0 Å². The Hall–Kier alpha value is -3.19. The summed E-state index contributed by atoms with van der Waals surface area (Å²) < 4.78 is 16.3. The highest BCUT2D eigenvalue weighted by atomic mass is 16.5. The number of aldehydes is 1. The zero-order valence-corrected chi connectivity index (χ0v) is 22.1. The average Bonchev–Trinajstić information content (AvgIpc) is 2.91. The second kappa shape index (κ2) is 16.5. The van der Waals surface area contributed by atoms with Gasteiger partial charge in [-0.25, -0.2) is 9.59 Å². The van der Waals surface area contributed by atoms with Gasteiger partial charge in [-0.05, 0) is 55.1 Å². The maximum Gasteiger partial charge on any atom is 0.339 e. The summed E-state index contributed by atoms with van der Waals surface area (Å²) in [6.45, 7) is 5.84. The number of carbonyl (C=O) groups is 3. The van der Waals surface area contributed by atoms with E-state index in [2.05, 4.69) is 18.2 Å². The summed E-state index contributed by atoms with van der Waals surface area (Å²) in [6.07, 6.45) is 18.1. The SMILES string of the molecule is C=C(C=O)CC(O)C(CCCCCCC)OC1=CC=C(C(=O)OC2=CC=C(/C=C/C(=O)OC)CC2)CC1. The third-order valence-electron chi connectivity index (χ3n) is 6.34. The Balaban J connectivity index is 1.95. The molecule has 1 N–H and O–H groups in total. The molecule has 0 aromatic carbocycles. The first kappa shape index (κ1) is 30.0. The standard InChI is InChI=1S/C30H40O7/c1-4-5-6-7-8-9-28(27(32)20-22(2)21-31)36-25-17-13-24(14-18-25)30(34)37-26-15-10-23(11-16-26)12-19-29(33)35-3/h10,12-13,15,17,19,21,27-28,32H,2,4-9,11,14,16,18,20H2,1,3H3/b19-12+. The van der Waals surface area contributed by atoms with Crippen LogP contribution in [0.15, 0.2) is 71.3 Å². The molecule has 0 fully saturated rings. The lowest BCUT2D eigenvalue weighted by atomic mass is 9.99. The molecule has 0 saturated carbocycles.